The molecule has 0 atom stereocenters. The summed E-state index contributed by atoms with van der Waals surface area (Å²) in [6, 6.07) is 15.1. The van der Waals surface area contributed by atoms with Gasteiger partial charge in [0.05, 0.1) is 6.61 Å². The molecular formula is C19H20N4O3. The van der Waals surface area contributed by atoms with Gasteiger partial charge in [-0.2, -0.15) is 4.98 Å². The molecule has 2 N–H and O–H groups in total. The predicted molar refractivity (Wildman–Crippen MR) is 98.3 cm³/mol. The van der Waals surface area contributed by atoms with Gasteiger partial charge in [-0.1, -0.05) is 42.0 Å². The Hall–Kier alpha value is -3.35. The van der Waals surface area contributed by atoms with E-state index in [2.05, 4.69) is 20.5 Å². The van der Waals surface area contributed by atoms with Crippen molar-refractivity contribution in [3.05, 3.63) is 54.1 Å². The summed E-state index contributed by atoms with van der Waals surface area (Å²) in [7, 11) is 0. The van der Waals surface area contributed by atoms with E-state index in [-0.39, 0.29) is 18.5 Å². The number of nitrogens with one attached hydrogen (secondary N) is 2. The molecule has 3 aromatic rings. The molecule has 0 unspecified atom stereocenters. The first-order chi connectivity index (χ1) is 12.7. The molecule has 26 heavy (non-hydrogen) atoms. The maximum Gasteiger partial charge on any atom is 0.264 e. The summed E-state index contributed by atoms with van der Waals surface area (Å²) in [6.45, 7) is 4.25. The van der Waals surface area contributed by atoms with Crippen LogP contribution >= 0.6 is 0 Å². The first kappa shape index (κ1) is 17.5. The highest BCUT2D eigenvalue weighted by Crippen LogP contribution is 2.26. The third-order valence-electron chi connectivity index (χ3n) is 3.57. The molecule has 134 valence electrons. The van der Waals surface area contributed by atoms with Crippen molar-refractivity contribution in [1.29, 1.82) is 0 Å². The van der Waals surface area contributed by atoms with Crippen LogP contribution in [0, 0.1) is 6.92 Å². The summed E-state index contributed by atoms with van der Waals surface area (Å²) >= 11 is 0. The van der Waals surface area contributed by atoms with Gasteiger partial charge in [-0.05, 0) is 26.0 Å². The Bertz CT molecular complexity index is 875. The topological polar surface area (TPSA) is 89.1 Å². The van der Waals surface area contributed by atoms with Gasteiger partial charge < -0.3 is 9.47 Å². The van der Waals surface area contributed by atoms with Crippen LogP contribution in [0.25, 0.3) is 11.4 Å². The molecule has 0 spiro atoms. The number of aromatic amines is 1. The van der Waals surface area contributed by atoms with Crippen molar-refractivity contribution in [3.63, 3.8) is 0 Å². The molecule has 0 saturated carbocycles. The van der Waals surface area contributed by atoms with Crippen molar-refractivity contribution < 1.29 is 14.3 Å². The van der Waals surface area contributed by atoms with Crippen LogP contribution < -0.4 is 14.8 Å². The Balaban J connectivity index is 1.58. The van der Waals surface area contributed by atoms with Crippen LogP contribution in [0.4, 0.5) is 5.95 Å². The van der Waals surface area contributed by atoms with E-state index in [0.717, 1.165) is 11.1 Å². The van der Waals surface area contributed by atoms with Crippen LogP contribution in [0.15, 0.2) is 48.5 Å². The van der Waals surface area contributed by atoms with E-state index < -0.39 is 0 Å². The van der Waals surface area contributed by atoms with E-state index in [9.17, 15) is 4.79 Å². The quantitative estimate of drug-likeness (QED) is 0.682. The fourth-order valence-electron chi connectivity index (χ4n) is 2.31. The summed E-state index contributed by atoms with van der Waals surface area (Å²) in [5.74, 6) is 1.54. The van der Waals surface area contributed by atoms with E-state index in [0.29, 0.717) is 23.9 Å². The van der Waals surface area contributed by atoms with Gasteiger partial charge in [0.25, 0.3) is 5.91 Å². The molecule has 0 fully saturated rings. The van der Waals surface area contributed by atoms with E-state index >= 15 is 0 Å². The van der Waals surface area contributed by atoms with E-state index in [1.54, 1.807) is 12.1 Å². The number of aromatic nitrogens is 3. The summed E-state index contributed by atoms with van der Waals surface area (Å²) in [6.07, 6.45) is 0. The Labute approximate surface area is 151 Å². The minimum atomic E-state index is -0.356. The molecule has 0 aliphatic heterocycles. The molecule has 1 amide bonds. The number of carbonyl (C=O) groups is 1. The van der Waals surface area contributed by atoms with Crippen LogP contribution in [-0.4, -0.2) is 34.3 Å². The summed E-state index contributed by atoms with van der Waals surface area (Å²) in [5, 5.41) is 9.43. The van der Waals surface area contributed by atoms with Gasteiger partial charge in [0.1, 0.15) is 0 Å². The zero-order valence-corrected chi connectivity index (χ0v) is 14.7. The fourth-order valence-corrected chi connectivity index (χ4v) is 2.31. The molecule has 2 aromatic carbocycles. The van der Waals surface area contributed by atoms with Gasteiger partial charge in [0.15, 0.2) is 23.9 Å². The number of H-pyrrole nitrogens is 1. The largest absolute Gasteiger partial charge is 0.490 e. The highest BCUT2D eigenvalue weighted by Gasteiger charge is 2.11. The molecule has 0 aliphatic carbocycles. The van der Waals surface area contributed by atoms with E-state index in [1.807, 2.05) is 50.2 Å². The van der Waals surface area contributed by atoms with Crippen LogP contribution in [0.2, 0.25) is 0 Å². The van der Waals surface area contributed by atoms with Crippen molar-refractivity contribution in [1.82, 2.24) is 15.2 Å². The Morgan fingerprint density at radius 2 is 1.77 bits per heavy atom. The zero-order chi connectivity index (χ0) is 18.4. The molecule has 1 aromatic heterocycles. The van der Waals surface area contributed by atoms with Gasteiger partial charge in [0, 0.05) is 5.56 Å². The van der Waals surface area contributed by atoms with Gasteiger partial charge >= 0.3 is 0 Å². The molecule has 0 saturated heterocycles. The van der Waals surface area contributed by atoms with Gasteiger partial charge in [-0.25, -0.2) is 0 Å². The minimum Gasteiger partial charge on any atom is -0.490 e. The zero-order valence-electron chi connectivity index (χ0n) is 14.7. The third kappa shape index (κ3) is 4.38. The van der Waals surface area contributed by atoms with Crippen LogP contribution in [0.3, 0.4) is 0 Å². The van der Waals surface area contributed by atoms with Gasteiger partial charge in [-0.3, -0.25) is 15.2 Å². The molecule has 0 radical (unpaired) electrons. The maximum atomic E-state index is 12.1. The Morgan fingerprint density at radius 3 is 2.46 bits per heavy atom. The van der Waals surface area contributed by atoms with E-state index in [4.69, 9.17) is 9.47 Å². The SMILES string of the molecule is CCOc1ccccc1OCC(=O)Nc1n[nH]c(-c2ccc(C)cc2)n1. The summed E-state index contributed by atoms with van der Waals surface area (Å²) in [5.41, 5.74) is 2.05. The van der Waals surface area contributed by atoms with Crippen molar-refractivity contribution >= 4 is 11.9 Å². The number of para-hydroxylation sites is 2. The van der Waals surface area contributed by atoms with Crippen LogP contribution in [-0.2, 0) is 4.79 Å². The first-order valence-corrected chi connectivity index (χ1v) is 8.29. The second-order valence-electron chi connectivity index (χ2n) is 5.59. The smallest absolute Gasteiger partial charge is 0.264 e. The lowest BCUT2D eigenvalue weighted by molar-refractivity contribution is -0.118. The Morgan fingerprint density at radius 1 is 1.08 bits per heavy atom. The number of anilines is 1. The maximum absolute atomic E-state index is 12.1. The first-order valence-electron chi connectivity index (χ1n) is 8.29. The van der Waals surface area contributed by atoms with Crippen molar-refractivity contribution in [3.8, 4) is 22.9 Å². The lowest BCUT2D eigenvalue weighted by Crippen LogP contribution is -2.21. The predicted octanol–water partition coefficient (Wildman–Crippen LogP) is 3.20. The van der Waals surface area contributed by atoms with Gasteiger partial charge in [0.2, 0.25) is 5.95 Å². The molecule has 3 rings (SSSR count). The lowest BCUT2D eigenvalue weighted by atomic mass is 10.1. The molecule has 7 heteroatoms. The normalized spacial score (nSPS) is 10.4. The number of amides is 1. The number of carbonyl (C=O) groups excluding carboxylic acids is 1. The Kier molecular flexibility index (Phi) is 5.48. The standard InChI is InChI=1S/C19H20N4O3/c1-3-25-15-6-4-5-7-16(15)26-12-17(24)20-19-21-18(22-23-19)14-10-8-13(2)9-11-14/h4-11H,3,12H2,1-2H3,(H2,20,21,22,23,24). The molecule has 1 heterocycles. The van der Waals surface area contributed by atoms with Gasteiger partial charge in [-0.15, -0.1) is 5.10 Å². The highest BCUT2D eigenvalue weighted by atomic mass is 16.5. The number of aryl methyl sites for hydroxylation is 1. The average molecular weight is 352 g/mol. The molecule has 0 bridgehead atoms. The summed E-state index contributed by atoms with van der Waals surface area (Å²) < 4.78 is 11.0. The second-order valence-corrected chi connectivity index (χ2v) is 5.59. The van der Waals surface area contributed by atoms with Crippen molar-refractivity contribution in [2.45, 2.75) is 13.8 Å². The number of hydrogen-bond acceptors (Lipinski definition) is 5. The number of hydrogen-bond donors (Lipinski definition) is 2. The van der Waals surface area contributed by atoms with Crippen molar-refractivity contribution in [2.75, 3.05) is 18.5 Å². The van der Waals surface area contributed by atoms with Crippen molar-refractivity contribution in [2.24, 2.45) is 0 Å². The fraction of sp³-hybridized carbons (Fsp3) is 0.211. The van der Waals surface area contributed by atoms with Crippen LogP contribution in [0.5, 0.6) is 11.5 Å². The number of benzene rings is 2. The van der Waals surface area contributed by atoms with E-state index in [1.165, 1.54) is 0 Å². The monoisotopic (exact) mass is 352 g/mol. The summed E-state index contributed by atoms with van der Waals surface area (Å²) in [4.78, 5) is 16.3. The number of nitrogens with zero attached hydrogens (tertiary/aromatic N) is 2. The number of ether oxygens (including phenoxy) is 2. The lowest BCUT2D eigenvalue weighted by Gasteiger charge is -2.10. The molecule has 7 nitrogen and oxygen atoms in total. The third-order valence-corrected chi connectivity index (χ3v) is 3.57. The highest BCUT2D eigenvalue weighted by molar-refractivity contribution is 5.90. The minimum absolute atomic E-state index is 0.168. The average Bonchev–Trinajstić information content (AvgIpc) is 3.10. The second kappa shape index (κ2) is 8.15. The number of rotatable bonds is 7. The molecule has 0 aliphatic rings. The van der Waals surface area contributed by atoms with Crippen LogP contribution in [0.1, 0.15) is 12.5 Å². The molecular weight excluding hydrogens is 332 g/mol.